The first-order chi connectivity index (χ1) is 59.3. The molecule has 0 saturated carbocycles. The van der Waals surface area contributed by atoms with E-state index in [0.29, 0.717) is 149 Å². The highest BCUT2D eigenvalue weighted by molar-refractivity contribution is 6.33. The van der Waals surface area contributed by atoms with Crippen LogP contribution in [-0.4, -0.2) is 256 Å². The molecule has 3 aromatic carbocycles. The van der Waals surface area contributed by atoms with E-state index in [4.69, 9.17) is 63.2 Å². The van der Waals surface area contributed by atoms with E-state index in [1.807, 2.05) is 6.07 Å². The minimum atomic E-state index is -0.896. The van der Waals surface area contributed by atoms with Gasteiger partial charge in [0, 0.05) is 145 Å². The number of hydrogen-bond acceptors (Lipinski definition) is 26. The lowest BCUT2D eigenvalue weighted by Crippen LogP contribution is -2.53. The molecule has 15 rings (SSSR count). The highest BCUT2D eigenvalue weighted by atomic mass is 35.5. The van der Waals surface area contributed by atoms with E-state index in [0.717, 1.165) is 44.2 Å². The molecular weight excluding hydrogens is 1670 g/mol. The fourth-order valence-electron chi connectivity index (χ4n) is 14.9. The van der Waals surface area contributed by atoms with Crippen LogP contribution in [0.25, 0.3) is 34.0 Å². The number of methoxy groups -OCH3 is 3. The standard InChI is InChI=1S/C28H32ClFN6O5.2C27H31ClFN7O5/c1-16(26(38)33-24(15-37)17-9-19(30)12-22(11-17)40-2)35-6-3-21-10-18(14-36(21)28(35)39)25-23(29)13-31-27(34-25)32-20-4-7-41-8-5-20;2*1-15(25(38)33-22(14-37)16-9-17(29)11-19(10-16)40-2)36-6-5-35-13-21(32-24(35)26(36)39)23-20(28)12-30-27(34-23)31-18-3-7-41-8-4-18/h9-14,16,20,24,37H,3-8,15H2,1-2H3,(H,33,38)(H,31,32,34);2*9-13,15,18,22,37H,3-8,14H2,1-2H3,(H,33,38)(H,30,31,34)/t16-,24-;15-,22+;15-,22-/m101/s1. The number of ether oxygens (including phenoxy) is 6. The van der Waals surface area contributed by atoms with E-state index in [2.05, 4.69) is 71.8 Å². The number of aliphatic hydroxyl groups is 3. The number of benzene rings is 3. The SMILES string of the molecule is COc1cc(F)cc([C@@H](CO)NC(=O)[C@@H](C)N2CCc3cc(-c4nc(NC5CCOCC5)ncc4Cl)cn3C2=O)c1.COc1cc(F)cc([C@@H](CO)NC(=O)[C@@H](C)N2CCn3cc(-c4nc(NC5CCOCC5)ncc4Cl)nc3C2=O)c1.COc1cc(F)cc([C@@H](CO)NC(=O)[C@H](C)N2CCn3cc(-c4nc(NC5CCOCC5)ncc4Cl)nc3C2=O)c1. The molecule has 9 N–H and O–H groups in total. The summed E-state index contributed by atoms with van der Waals surface area (Å²) in [6.07, 6.45) is 15.2. The van der Waals surface area contributed by atoms with Gasteiger partial charge >= 0.3 is 6.03 Å². The third-order valence-electron chi connectivity index (χ3n) is 21.9. The summed E-state index contributed by atoms with van der Waals surface area (Å²) in [6.45, 7) is 9.00. The quantitative estimate of drug-likeness (QED) is 0.0234. The first kappa shape index (κ1) is 89.4. The van der Waals surface area contributed by atoms with Crippen molar-refractivity contribution < 1.29 is 85.7 Å². The summed E-state index contributed by atoms with van der Waals surface area (Å²) in [6, 6.07) is 8.59. The van der Waals surface area contributed by atoms with E-state index in [-0.39, 0.29) is 66.1 Å². The van der Waals surface area contributed by atoms with E-state index < -0.39 is 103 Å². The number of fused-ring (bicyclic) bond motifs is 3. The Balaban J connectivity index is 0.000000159. The molecule has 0 aliphatic carbocycles. The highest BCUT2D eigenvalue weighted by Crippen LogP contribution is 2.35. The number of carbonyl (C=O) groups is 6. The van der Waals surface area contributed by atoms with Gasteiger partial charge in [0.1, 0.15) is 75.6 Å². The van der Waals surface area contributed by atoms with Crippen molar-refractivity contribution >= 4 is 88.2 Å². The first-order valence-electron chi connectivity index (χ1n) is 40.0. The molecule has 6 aliphatic heterocycles. The lowest BCUT2D eigenvalue weighted by atomic mass is 10.1. The molecule has 6 aliphatic rings. The molecule has 3 fully saturated rings. The van der Waals surface area contributed by atoms with Crippen molar-refractivity contribution in [2.24, 2.45) is 0 Å². The maximum absolute atomic E-state index is 14.0. The zero-order chi connectivity index (χ0) is 87.3. The van der Waals surface area contributed by atoms with Crippen LogP contribution in [0.4, 0.5) is 35.8 Å². The third kappa shape index (κ3) is 21.5. The number of halogens is 6. The van der Waals surface area contributed by atoms with Crippen LogP contribution in [0.2, 0.25) is 15.1 Å². The maximum atomic E-state index is 14.0. The Hall–Kier alpha value is -11.4. The van der Waals surface area contributed by atoms with Crippen molar-refractivity contribution in [1.29, 1.82) is 0 Å². The van der Waals surface area contributed by atoms with E-state index >= 15 is 0 Å². The third-order valence-corrected chi connectivity index (χ3v) is 22.7. The first-order valence-corrected chi connectivity index (χ1v) is 41.1. The van der Waals surface area contributed by atoms with Crippen molar-refractivity contribution in [1.82, 2.24) is 84.2 Å². The predicted molar refractivity (Wildman–Crippen MR) is 444 cm³/mol. The second-order valence-corrected chi connectivity index (χ2v) is 31.1. The fraction of sp³-hybridized carbons (Fsp3) is 0.439. The number of imidazole rings is 2. The Kier molecular flexibility index (Phi) is 29.6. The Morgan fingerprint density at radius 3 is 1.15 bits per heavy atom. The predicted octanol–water partition coefficient (Wildman–Crippen LogP) is 8.25. The van der Waals surface area contributed by atoms with Crippen LogP contribution in [0.3, 0.4) is 0 Å². The van der Waals surface area contributed by atoms with Gasteiger partial charge in [0.25, 0.3) is 11.8 Å². The molecule has 3 saturated heterocycles. The van der Waals surface area contributed by atoms with Gasteiger partial charge in [0.15, 0.2) is 11.6 Å². The van der Waals surface area contributed by atoms with Crippen molar-refractivity contribution in [2.75, 3.05) is 116 Å². The number of amides is 6. The molecule has 6 aromatic heterocycles. The van der Waals surface area contributed by atoms with E-state index in [1.165, 1.54) is 114 Å². The summed E-state index contributed by atoms with van der Waals surface area (Å²) in [5.74, 6) is -1.74. The van der Waals surface area contributed by atoms with Gasteiger partial charge in [0.05, 0.1) is 98.6 Å². The number of carbonyl (C=O) groups excluding carboxylic acids is 6. The molecule has 6 amide bonds. The van der Waals surface area contributed by atoms with Crippen molar-refractivity contribution in [3.8, 4) is 51.3 Å². The van der Waals surface area contributed by atoms with Gasteiger partial charge in [0.2, 0.25) is 35.6 Å². The van der Waals surface area contributed by atoms with E-state index in [9.17, 15) is 57.3 Å². The van der Waals surface area contributed by atoms with Gasteiger partial charge in [-0.05, 0) is 118 Å². The summed E-state index contributed by atoms with van der Waals surface area (Å²) >= 11 is 19.3. The molecule has 41 heteroatoms. The van der Waals surface area contributed by atoms with Crippen molar-refractivity contribution in [3.63, 3.8) is 0 Å². The number of rotatable bonds is 27. The van der Waals surface area contributed by atoms with Crippen LogP contribution >= 0.6 is 34.8 Å². The van der Waals surface area contributed by atoms with Gasteiger partial charge in [-0.1, -0.05) is 34.8 Å². The maximum Gasteiger partial charge on any atom is 0.329 e. The van der Waals surface area contributed by atoms with Crippen molar-refractivity contribution in [3.05, 3.63) is 164 Å². The second-order valence-electron chi connectivity index (χ2n) is 29.9. The Bertz CT molecular complexity index is 4800. The second kappa shape index (κ2) is 40.8. The van der Waals surface area contributed by atoms with E-state index in [1.54, 1.807) is 48.5 Å². The summed E-state index contributed by atoms with van der Waals surface area (Å²) in [7, 11) is 4.19. The fourth-order valence-corrected chi connectivity index (χ4v) is 15.4. The molecular formula is C82H94Cl3F3N20O15. The number of nitrogens with one attached hydrogen (secondary N) is 6. The molecule has 0 spiro atoms. The molecule has 35 nitrogen and oxygen atoms in total. The summed E-state index contributed by atoms with van der Waals surface area (Å²) < 4.78 is 78.4. The molecule has 6 atom stereocenters. The lowest BCUT2D eigenvalue weighted by Gasteiger charge is -2.33. The van der Waals surface area contributed by atoms with Gasteiger partial charge in [-0.3, -0.25) is 28.5 Å². The normalized spacial score (nSPS) is 17.1. The van der Waals surface area contributed by atoms with Crippen LogP contribution in [0.1, 0.15) is 121 Å². The molecule has 0 bridgehead atoms. The van der Waals surface area contributed by atoms with Gasteiger partial charge in [-0.2, -0.15) is 0 Å². The zero-order valence-corrected chi connectivity index (χ0v) is 70.3. The molecule has 0 radical (unpaired) electrons. The van der Waals surface area contributed by atoms with Gasteiger partial charge in [-0.15, -0.1) is 0 Å². The minimum Gasteiger partial charge on any atom is -0.497 e. The summed E-state index contributed by atoms with van der Waals surface area (Å²) in [4.78, 5) is 120. The average molecular weight is 1760 g/mol. The number of aromatic nitrogens is 11. The lowest BCUT2D eigenvalue weighted by molar-refractivity contribution is -0.127. The number of anilines is 3. The Morgan fingerprint density at radius 2 is 0.805 bits per heavy atom. The van der Waals surface area contributed by atoms with Gasteiger partial charge < -0.3 is 99.5 Å². The smallest absolute Gasteiger partial charge is 0.329 e. The molecule has 654 valence electrons. The largest absolute Gasteiger partial charge is 0.497 e. The monoisotopic (exact) mass is 1760 g/mol. The molecule has 9 aromatic rings. The van der Waals surface area contributed by atoms with Crippen LogP contribution in [0, 0.1) is 17.5 Å². The molecule has 0 unspecified atom stereocenters. The van der Waals surface area contributed by atoms with Gasteiger partial charge in [-0.25, -0.2) is 57.8 Å². The average Bonchev–Trinajstić information content (AvgIpc) is 1.64. The highest BCUT2D eigenvalue weighted by Gasteiger charge is 2.39. The summed E-state index contributed by atoms with van der Waals surface area (Å²) in [5.41, 5.74) is 4.55. The topological polar surface area (TPSA) is 418 Å². The van der Waals surface area contributed by atoms with Crippen LogP contribution < -0.4 is 46.1 Å². The van der Waals surface area contributed by atoms with Crippen molar-refractivity contribution in [2.45, 2.75) is 133 Å². The zero-order valence-electron chi connectivity index (χ0n) is 68.1. The number of aliphatic hydroxyl groups excluding tert-OH is 3. The van der Waals surface area contributed by atoms with Crippen LogP contribution in [0.5, 0.6) is 17.2 Å². The van der Waals surface area contributed by atoms with Crippen LogP contribution in [0.15, 0.2) is 97.8 Å². The Morgan fingerprint density at radius 1 is 0.463 bits per heavy atom. The van der Waals surface area contributed by atoms with Crippen LogP contribution in [-0.2, 0) is 48.1 Å². The number of nitrogens with zero attached hydrogens (tertiary/aromatic N) is 14. The molecule has 123 heavy (non-hydrogen) atoms. The summed E-state index contributed by atoms with van der Waals surface area (Å²) in [5, 5.41) is 48.7. The Labute approximate surface area is 719 Å². The minimum absolute atomic E-state index is 0.146. The molecule has 12 heterocycles. The number of hydrogen-bond donors (Lipinski definition) is 9.